The highest BCUT2D eigenvalue weighted by molar-refractivity contribution is 5.79. The highest BCUT2D eigenvalue weighted by atomic mass is 16.5. The van der Waals surface area contributed by atoms with Crippen LogP contribution in [0.2, 0.25) is 0 Å². The molecule has 0 unspecified atom stereocenters. The fourth-order valence-corrected chi connectivity index (χ4v) is 4.50. The smallest absolute Gasteiger partial charge is 0.223 e. The predicted octanol–water partition coefficient (Wildman–Crippen LogP) is 3.82. The molecule has 2 saturated heterocycles. The van der Waals surface area contributed by atoms with Gasteiger partial charge in [0.25, 0.3) is 0 Å². The maximum atomic E-state index is 12.6. The summed E-state index contributed by atoms with van der Waals surface area (Å²) in [5, 5.41) is 4.06. The number of aryl methyl sites for hydroxylation is 2. The van der Waals surface area contributed by atoms with Crippen molar-refractivity contribution in [2.45, 2.75) is 39.7 Å². The van der Waals surface area contributed by atoms with E-state index < -0.39 is 0 Å². The number of hydrogen-bond donors (Lipinski definition) is 0. The SMILES string of the molecule is Cc1noc(C)c1CN1CCC2(CC1)CC(=O)N(C/C=C/c1ccccc1)C2. The van der Waals surface area contributed by atoms with Gasteiger partial charge in [-0.2, -0.15) is 0 Å². The Kier molecular flexibility index (Phi) is 5.36. The fraction of sp³-hybridized carbons (Fsp3) is 0.478. The van der Waals surface area contributed by atoms with Gasteiger partial charge >= 0.3 is 0 Å². The van der Waals surface area contributed by atoms with E-state index in [1.165, 1.54) is 11.1 Å². The van der Waals surface area contributed by atoms with E-state index in [1.54, 1.807) is 0 Å². The fourth-order valence-electron chi connectivity index (χ4n) is 4.50. The van der Waals surface area contributed by atoms with Gasteiger partial charge in [-0.05, 0) is 50.8 Å². The van der Waals surface area contributed by atoms with Crippen LogP contribution in [0.5, 0.6) is 0 Å². The third-order valence-corrected chi connectivity index (χ3v) is 6.32. The molecule has 2 aliphatic heterocycles. The monoisotopic (exact) mass is 379 g/mol. The molecule has 4 rings (SSSR count). The zero-order valence-electron chi connectivity index (χ0n) is 16.9. The number of likely N-dealkylation sites (tertiary alicyclic amines) is 2. The molecular formula is C23H29N3O2. The van der Waals surface area contributed by atoms with Crippen LogP contribution >= 0.6 is 0 Å². The normalized spacial score (nSPS) is 19.9. The summed E-state index contributed by atoms with van der Waals surface area (Å²) in [6.07, 6.45) is 7.08. The minimum absolute atomic E-state index is 0.160. The molecule has 1 spiro atoms. The first-order valence-electron chi connectivity index (χ1n) is 10.2. The van der Waals surface area contributed by atoms with E-state index in [0.29, 0.717) is 18.9 Å². The maximum absolute atomic E-state index is 12.6. The average molecular weight is 380 g/mol. The summed E-state index contributed by atoms with van der Waals surface area (Å²) in [7, 11) is 0. The van der Waals surface area contributed by atoms with E-state index in [4.69, 9.17) is 4.52 Å². The molecular weight excluding hydrogens is 350 g/mol. The lowest BCUT2D eigenvalue weighted by Crippen LogP contribution is -2.41. The number of amides is 1. The summed E-state index contributed by atoms with van der Waals surface area (Å²) < 4.78 is 5.29. The summed E-state index contributed by atoms with van der Waals surface area (Å²) in [6.45, 7) is 8.55. The van der Waals surface area contributed by atoms with Crippen LogP contribution in [0.3, 0.4) is 0 Å². The Morgan fingerprint density at radius 3 is 2.61 bits per heavy atom. The minimum atomic E-state index is 0.160. The Morgan fingerprint density at radius 1 is 1.18 bits per heavy atom. The number of carbonyl (C=O) groups excluding carboxylic acids is 1. The van der Waals surface area contributed by atoms with Crippen molar-refractivity contribution >= 4 is 12.0 Å². The zero-order valence-corrected chi connectivity index (χ0v) is 16.9. The summed E-state index contributed by atoms with van der Waals surface area (Å²) in [5.41, 5.74) is 3.54. The van der Waals surface area contributed by atoms with Crippen LogP contribution in [0.25, 0.3) is 6.08 Å². The van der Waals surface area contributed by atoms with Crippen molar-refractivity contribution in [2.24, 2.45) is 5.41 Å². The highest BCUT2D eigenvalue weighted by Gasteiger charge is 2.44. The first-order valence-corrected chi connectivity index (χ1v) is 10.2. The average Bonchev–Trinajstić information content (AvgIpc) is 3.18. The summed E-state index contributed by atoms with van der Waals surface area (Å²) >= 11 is 0. The number of carbonyl (C=O) groups is 1. The number of nitrogens with zero attached hydrogens (tertiary/aromatic N) is 3. The van der Waals surface area contributed by atoms with Gasteiger partial charge in [-0.3, -0.25) is 9.69 Å². The van der Waals surface area contributed by atoms with Gasteiger partial charge < -0.3 is 9.42 Å². The van der Waals surface area contributed by atoms with Gasteiger partial charge in [-0.25, -0.2) is 0 Å². The Labute approximate surface area is 167 Å². The van der Waals surface area contributed by atoms with E-state index in [-0.39, 0.29) is 5.41 Å². The second kappa shape index (κ2) is 7.92. The number of rotatable bonds is 5. The van der Waals surface area contributed by atoms with Gasteiger partial charge in [0.2, 0.25) is 5.91 Å². The van der Waals surface area contributed by atoms with Crippen molar-refractivity contribution in [3.05, 3.63) is 59.0 Å². The lowest BCUT2D eigenvalue weighted by atomic mass is 9.77. The minimum Gasteiger partial charge on any atom is -0.361 e. The van der Waals surface area contributed by atoms with Crippen LogP contribution in [-0.4, -0.2) is 47.0 Å². The van der Waals surface area contributed by atoms with Crippen molar-refractivity contribution in [2.75, 3.05) is 26.2 Å². The highest BCUT2D eigenvalue weighted by Crippen LogP contribution is 2.41. The molecule has 0 aliphatic carbocycles. The largest absolute Gasteiger partial charge is 0.361 e. The summed E-state index contributed by atoms with van der Waals surface area (Å²) in [4.78, 5) is 17.1. The van der Waals surface area contributed by atoms with E-state index in [9.17, 15) is 4.79 Å². The van der Waals surface area contributed by atoms with Gasteiger partial charge in [-0.15, -0.1) is 0 Å². The molecule has 5 heteroatoms. The van der Waals surface area contributed by atoms with Crippen LogP contribution in [0.15, 0.2) is 40.9 Å². The van der Waals surface area contributed by atoms with Crippen molar-refractivity contribution < 1.29 is 9.32 Å². The van der Waals surface area contributed by atoms with Gasteiger partial charge in [0.1, 0.15) is 5.76 Å². The standard InChI is InChI=1S/C23H29N3O2/c1-18-21(19(2)28-24-18)16-25-13-10-23(11-14-25)15-22(27)26(17-23)12-6-9-20-7-4-3-5-8-20/h3-9H,10-17H2,1-2H3/b9-6+. The molecule has 1 amide bonds. The number of hydrogen-bond acceptors (Lipinski definition) is 4. The van der Waals surface area contributed by atoms with Crippen LogP contribution in [0.1, 0.15) is 41.8 Å². The van der Waals surface area contributed by atoms with Gasteiger partial charge in [0.05, 0.1) is 5.69 Å². The third-order valence-electron chi connectivity index (χ3n) is 6.32. The third kappa shape index (κ3) is 4.04. The van der Waals surface area contributed by atoms with Gasteiger partial charge in [0.15, 0.2) is 0 Å². The van der Waals surface area contributed by atoms with E-state index in [0.717, 1.165) is 50.5 Å². The second-order valence-electron chi connectivity index (χ2n) is 8.34. The Hall–Kier alpha value is -2.40. The van der Waals surface area contributed by atoms with Crippen LogP contribution in [0.4, 0.5) is 0 Å². The number of benzene rings is 1. The number of piperidine rings is 1. The summed E-state index contributed by atoms with van der Waals surface area (Å²) in [6, 6.07) is 10.2. The van der Waals surface area contributed by atoms with Crippen molar-refractivity contribution in [1.29, 1.82) is 0 Å². The molecule has 0 atom stereocenters. The lowest BCUT2D eigenvalue weighted by molar-refractivity contribution is -0.127. The molecule has 28 heavy (non-hydrogen) atoms. The maximum Gasteiger partial charge on any atom is 0.223 e. The predicted molar refractivity (Wildman–Crippen MR) is 110 cm³/mol. The van der Waals surface area contributed by atoms with Crippen molar-refractivity contribution in [3.63, 3.8) is 0 Å². The van der Waals surface area contributed by atoms with E-state index in [2.05, 4.69) is 34.3 Å². The molecule has 1 aromatic heterocycles. The van der Waals surface area contributed by atoms with Crippen LogP contribution < -0.4 is 0 Å². The molecule has 0 saturated carbocycles. The molecule has 2 aliphatic rings. The molecule has 5 nitrogen and oxygen atoms in total. The first-order chi connectivity index (χ1) is 13.5. The molecule has 0 bridgehead atoms. The quantitative estimate of drug-likeness (QED) is 0.792. The molecule has 0 radical (unpaired) electrons. The molecule has 3 heterocycles. The van der Waals surface area contributed by atoms with Crippen LogP contribution in [0, 0.1) is 19.3 Å². The first kappa shape index (κ1) is 18.9. The second-order valence-corrected chi connectivity index (χ2v) is 8.34. The molecule has 2 fully saturated rings. The number of aromatic nitrogens is 1. The Morgan fingerprint density at radius 2 is 1.93 bits per heavy atom. The van der Waals surface area contributed by atoms with Crippen molar-refractivity contribution in [3.8, 4) is 0 Å². The van der Waals surface area contributed by atoms with E-state index >= 15 is 0 Å². The topological polar surface area (TPSA) is 49.6 Å². The van der Waals surface area contributed by atoms with Gasteiger partial charge in [0, 0.05) is 31.6 Å². The van der Waals surface area contributed by atoms with Gasteiger partial charge in [-0.1, -0.05) is 47.6 Å². The molecule has 1 aromatic carbocycles. The van der Waals surface area contributed by atoms with Crippen LogP contribution in [-0.2, 0) is 11.3 Å². The Balaban J connectivity index is 1.31. The molecule has 2 aromatic rings. The molecule has 148 valence electrons. The van der Waals surface area contributed by atoms with E-state index in [1.807, 2.05) is 36.9 Å². The Bertz CT molecular complexity index is 828. The van der Waals surface area contributed by atoms with Crippen molar-refractivity contribution in [1.82, 2.24) is 15.0 Å². The summed E-state index contributed by atoms with van der Waals surface area (Å²) in [5.74, 6) is 1.22. The zero-order chi connectivity index (χ0) is 19.6. The lowest BCUT2D eigenvalue weighted by Gasteiger charge is -2.38. The molecule has 0 N–H and O–H groups in total.